The molecule has 0 bridgehead atoms. The Labute approximate surface area is 173 Å². The number of aromatic amines is 1. The lowest BCUT2D eigenvalue weighted by Crippen LogP contribution is -2.26. The van der Waals surface area contributed by atoms with Gasteiger partial charge in [-0.05, 0) is 49.3 Å². The summed E-state index contributed by atoms with van der Waals surface area (Å²) in [5, 5.41) is 13.6. The fraction of sp³-hybridized carbons (Fsp3) is 0.545. The third-order valence-corrected chi connectivity index (χ3v) is 5.15. The van der Waals surface area contributed by atoms with E-state index in [0.29, 0.717) is 12.3 Å². The number of H-pyrrole nitrogens is 1. The molecule has 7 heteroatoms. The number of hydrogen-bond acceptors (Lipinski definition) is 5. The molecule has 0 radical (unpaired) electrons. The Hall–Kier alpha value is -2.38. The molecule has 3 rings (SSSR count). The molecule has 7 nitrogen and oxygen atoms in total. The molecule has 1 fully saturated rings. The van der Waals surface area contributed by atoms with Gasteiger partial charge in [0.15, 0.2) is 5.82 Å². The molecule has 2 aromatic rings. The van der Waals surface area contributed by atoms with Crippen molar-refractivity contribution in [3.8, 4) is 0 Å². The van der Waals surface area contributed by atoms with Crippen LogP contribution in [0.15, 0.2) is 24.3 Å². The molecule has 1 aliphatic rings. The highest BCUT2D eigenvalue weighted by Gasteiger charge is 2.25. The van der Waals surface area contributed by atoms with E-state index in [-0.39, 0.29) is 5.91 Å². The molecular formula is C22H33N5O2. The number of benzene rings is 1. The van der Waals surface area contributed by atoms with Gasteiger partial charge in [0.2, 0.25) is 0 Å². The molecule has 0 unspecified atom stereocenters. The van der Waals surface area contributed by atoms with Crippen LogP contribution in [0.5, 0.6) is 0 Å². The minimum atomic E-state index is -0.166. The molecule has 0 atom stereocenters. The van der Waals surface area contributed by atoms with Crippen LogP contribution < -0.4 is 15.5 Å². The molecule has 0 aliphatic heterocycles. The minimum Gasteiger partial charge on any atom is -0.383 e. The van der Waals surface area contributed by atoms with E-state index in [0.717, 1.165) is 55.6 Å². The van der Waals surface area contributed by atoms with Crippen LogP contribution >= 0.6 is 0 Å². The number of ether oxygens (including phenoxy) is 1. The van der Waals surface area contributed by atoms with Crippen molar-refractivity contribution >= 4 is 17.4 Å². The standard InChI is InChI=1S/C22H33N5O2/c1-4-10-27(15-17-5-6-17)21-13-20(25-26-21)22(28)24-19-8-7-18(12-16(19)2)14-23-9-11-29-3/h7-8,12-13,17,23H,4-6,9-11,14-15H2,1-3H3,(H,24,28)(H,25,26). The van der Waals surface area contributed by atoms with E-state index >= 15 is 0 Å². The molecule has 1 aromatic carbocycles. The van der Waals surface area contributed by atoms with Gasteiger partial charge in [0, 0.05) is 45.0 Å². The second-order valence-corrected chi connectivity index (χ2v) is 7.80. The lowest BCUT2D eigenvalue weighted by molar-refractivity contribution is 0.102. The number of anilines is 2. The van der Waals surface area contributed by atoms with Gasteiger partial charge < -0.3 is 20.3 Å². The molecule has 29 heavy (non-hydrogen) atoms. The Morgan fingerprint density at radius 1 is 1.34 bits per heavy atom. The van der Waals surface area contributed by atoms with E-state index < -0.39 is 0 Å². The maximum atomic E-state index is 12.7. The number of rotatable bonds is 12. The van der Waals surface area contributed by atoms with E-state index in [9.17, 15) is 4.79 Å². The first-order chi connectivity index (χ1) is 14.1. The second kappa shape index (κ2) is 10.4. The molecule has 3 N–H and O–H groups in total. The van der Waals surface area contributed by atoms with Crippen LogP contribution in [0, 0.1) is 12.8 Å². The quantitative estimate of drug-likeness (QED) is 0.477. The summed E-state index contributed by atoms with van der Waals surface area (Å²) in [6, 6.07) is 7.93. The average molecular weight is 400 g/mol. The summed E-state index contributed by atoms with van der Waals surface area (Å²) in [5.41, 5.74) is 3.51. The van der Waals surface area contributed by atoms with Gasteiger partial charge in [-0.25, -0.2) is 0 Å². The van der Waals surface area contributed by atoms with Crippen LogP contribution in [0.4, 0.5) is 11.5 Å². The largest absolute Gasteiger partial charge is 0.383 e. The number of hydrogen-bond donors (Lipinski definition) is 3. The van der Waals surface area contributed by atoms with Crippen LogP contribution in [-0.4, -0.2) is 49.5 Å². The molecule has 1 saturated carbocycles. The van der Waals surface area contributed by atoms with E-state index in [4.69, 9.17) is 4.74 Å². The summed E-state index contributed by atoms with van der Waals surface area (Å²) in [5.74, 6) is 1.47. The van der Waals surface area contributed by atoms with Crippen LogP contribution in [0.25, 0.3) is 0 Å². The van der Waals surface area contributed by atoms with Crippen molar-refractivity contribution in [3.05, 3.63) is 41.1 Å². The maximum absolute atomic E-state index is 12.7. The Kier molecular flexibility index (Phi) is 7.66. The predicted molar refractivity (Wildman–Crippen MR) is 117 cm³/mol. The van der Waals surface area contributed by atoms with Crippen molar-refractivity contribution in [3.63, 3.8) is 0 Å². The van der Waals surface area contributed by atoms with Crippen molar-refractivity contribution in [2.75, 3.05) is 43.6 Å². The summed E-state index contributed by atoms with van der Waals surface area (Å²) in [4.78, 5) is 15.0. The Morgan fingerprint density at radius 2 is 2.17 bits per heavy atom. The van der Waals surface area contributed by atoms with Crippen LogP contribution in [0.3, 0.4) is 0 Å². The first-order valence-electron chi connectivity index (χ1n) is 10.5. The van der Waals surface area contributed by atoms with Crippen molar-refractivity contribution in [1.29, 1.82) is 0 Å². The number of carbonyl (C=O) groups is 1. The number of amides is 1. The van der Waals surface area contributed by atoms with Crippen molar-refractivity contribution in [2.45, 2.75) is 39.7 Å². The van der Waals surface area contributed by atoms with Gasteiger partial charge in [0.05, 0.1) is 6.61 Å². The summed E-state index contributed by atoms with van der Waals surface area (Å²) in [6.07, 6.45) is 3.66. The topological polar surface area (TPSA) is 82.3 Å². The first kappa shape index (κ1) is 21.3. The Morgan fingerprint density at radius 3 is 2.86 bits per heavy atom. The number of methoxy groups -OCH3 is 1. The lowest BCUT2D eigenvalue weighted by atomic mass is 10.1. The molecule has 1 aliphatic carbocycles. The summed E-state index contributed by atoms with van der Waals surface area (Å²) in [6.45, 7) is 8.43. The smallest absolute Gasteiger partial charge is 0.273 e. The number of aryl methyl sites for hydroxylation is 1. The van der Waals surface area contributed by atoms with Crippen molar-refractivity contribution in [1.82, 2.24) is 15.5 Å². The van der Waals surface area contributed by atoms with E-state index in [1.54, 1.807) is 7.11 Å². The molecule has 1 aromatic heterocycles. The predicted octanol–water partition coefficient (Wildman–Crippen LogP) is 3.33. The Bertz CT molecular complexity index is 800. The SMILES string of the molecule is CCCN(CC1CC1)c1cc(C(=O)Nc2ccc(CNCCOC)cc2C)[nH]n1. The van der Waals surface area contributed by atoms with Gasteiger partial charge >= 0.3 is 0 Å². The molecule has 0 spiro atoms. The third-order valence-electron chi connectivity index (χ3n) is 5.15. The van der Waals surface area contributed by atoms with Gasteiger partial charge in [-0.2, -0.15) is 5.10 Å². The van der Waals surface area contributed by atoms with Gasteiger partial charge in [0.1, 0.15) is 5.69 Å². The van der Waals surface area contributed by atoms with Gasteiger partial charge in [0.25, 0.3) is 5.91 Å². The van der Waals surface area contributed by atoms with E-state index in [1.165, 1.54) is 18.4 Å². The van der Waals surface area contributed by atoms with E-state index in [1.807, 2.05) is 25.1 Å². The van der Waals surface area contributed by atoms with Crippen molar-refractivity contribution < 1.29 is 9.53 Å². The van der Waals surface area contributed by atoms with Crippen LogP contribution in [-0.2, 0) is 11.3 Å². The Balaban J connectivity index is 1.59. The first-order valence-corrected chi connectivity index (χ1v) is 10.5. The summed E-state index contributed by atoms with van der Waals surface area (Å²) >= 11 is 0. The second-order valence-electron chi connectivity index (χ2n) is 7.80. The zero-order valence-electron chi connectivity index (χ0n) is 17.8. The van der Waals surface area contributed by atoms with E-state index in [2.05, 4.69) is 38.7 Å². The zero-order chi connectivity index (χ0) is 20.6. The molecule has 158 valence electrons. The normalized spacial score (nSPS) is 13.5. The van der Waals surface area contributed by atoms with Crippen LogP contribution in [0.1, 0.15) is 47.8 Å². The summed E-state index contributed by atoms with van der Waals surface area (Å²) < 4.78 is 5.04. The van der Waals surface area contributed by atoms with Gasteiger partial charge in [-0.3, -0.25) is 9.89 Å². The molecule has 1 heterocycles. The van der Waals surface area contributed by atoms with Gasteiger partial charge in [-0.1, -0.05) is 19.1 Å². The average Bonchev–Trinajstić information content (AvgIpc) is 3.39. The number of aromatic nitrogens is 2. The zero-order valence-corrected chi connectivity index (χ0v) is 17.8. The van der Waals surface area contributed by atoms with Crippen molar-refractivity contribution in [2.24, 2.45) is 5.92 Å². The fourth-order valence-corrected chi connectivity index (χ4v) is 3.34. The number of nitrogens with one attached hydrogen (secondary N) is 3. The number of carbonyl (C=O) groups excluding carboxylic acids is 1. The van der Waals surface area contributed by atoms with Crippen LogP contribution in [0.2, 0.25) is 0 Å². The fourth-order valence-electron chi connectivity index (χ4n) is 3.34. The molecule has 0 saturated heterocycles. The monoisotopic (exact) mass is 399 g/mol. The minimum absolute atomic E-state index is 0.166. The number of nitrogens with zero attached hydrogens (tertiary/aromatic N) is 2. The highest BCUT2D eigenvalue weighted by molar-refractivity contribution is 6.03. The third kappa shape index (κ3) is 6.30. The molecular weight excluding hydrogens is 366 g/mol. The highest BCUT2D eigenvalue weighted by atomic mass is 16.5. The molecule has 1 amide bonds. The highest BCUT2D eigenvalue weighted by Crippen LogP contribution is 2.31. The maximum Gasteiger partial charge on any atom is 0.273 e. The summed E-state index contributed by atoms with van der Waals surface area (Å²) in [7, 11) is 1.69. The van der Waals surface area contributed by atoms with Gasteiger partial charge in [-0.15, -0.1) is 0 Å². The lowest BCUT2D eigenvalue weighted by Gasteiger charge is -2.20.